The molecule has 6 rings (SSSR count). The molecule has 1 aromatic rings. The second-order valence-corrected chi connectivity index (χ2v) is 12.7. The average Bonchev–Trinajstić information content (AvgIpc) is 3.76. The minimum absolute atomic E-state index is 0.0274. The van der Waals surface area contributed by atoms with Gasteiger partial charge in [0.15, 0.2) is 0 Å². The molecule has 1 N–H and O–H groups in total. The number of likely N-dealkylation sites (tertiary alicyclic amines) is 3. The largest absolute Gasteiger partial charge is 0.465 e. The number of rotatable bonds is 6. The van der Waals surface area contributed by atoms with Crippen molar-refractivity contribution in [2.75, 3.05) is 57.3 Å². The van der Waals surface area contributed by atoms with E-state index in [-0.39, 0.29) is 30.2 Å². The monoisotopic (exact) mass is 600 g/mol. The number of anilines is 1. The van der Waals surface area contributed by atoms with Crippen LogP contribution in [0, 0.1) is 5.92 Å². The second-order valence-electron chi connectivity index (χ2n) is 12.3. The van der Waals surface area contributed by atoms with Gasteiger partial charge in [-0.2, -0.15) is 0 Å². The molecule has 0 aliphatic carbocycles. The number of hydrogen-bond acceptors (Lipinski definition) is 6. The van der Waals surface area contributed by atoms with Crippen molar-refractivity contribution >= 4 is 41.1 Å². The molecule has 12 heteroatoms. The third-order valence-electron chi connectivity index (χ3n) is 9.75. The summed E-state index contributed by atoms with van der Waals surface area (Å²) in [6.07, 6.45) is 4.03. The van der Waals surface area contributed by atoms with E-state index in [2.05, 4.69) is 9.80 Å². The molecule has 5 aliphatic rings. The van der Waals surface area contributed by atoms with Crippen LogP contribution in [0.1, 0.15) is 56.9 Å². The number of hydrogen-bond donors (Lipinski definition) is 1. The Balaban J connectivity index is 1.24. The molecule has 1 aromatic carbocycles. The number of piperazine rings is 1. The molecule has 5 saturated heterocycles. The third kappa shape index (κ3) is 5.77. The van der Waals surface area contributed by atoms with Crippen LogP contribution in [0.5, 0.6) is 0 Å². The fourth-order valence-corrected chi connectivity index (χ4v) is 7.66. The van der Waals surface area contributed by atoms with Crippen LogP contribution in [0.4, 0.5) is 10.5 Å². The van der Waals surface area contributed by atoms with Crippen LogP contribution in [0.3, 0.4) is 0 Å². The molecule has 0 spiro atoms. The lowest BCUT2D eigenvalue weighted by molar-refractivity contribution is -0.147. The van der Waals surface area contributed by atoms with Crippen molar-refractivity contribution in [2.45, 2.75) is 70.2 Å². The van der Waals surface area contributed by atoms with Gasteiger partial charge in [0, 0.05) is 81.8 Å². The summed E-state index contributed by atoms with van der Waals surface area (Å²) >= 11 is 6.50. The summed E-state index contributed by atoms with van der Waals surface area (Å²) in [4.78, 5) is 62.4. The Kier molecular flexibility index (Phi) is 8.49. The first-order valence-electron chi connectivity index (χ1n) is 15.4. The molecule has 228 valence electrons. The van der Waals surface area contributed by atoms with Gasteiger partial charge in [-0.25, -0.2) is 4.79 Å². The number of carbonyl (C=O) groups is 4. The van der Waals surface area contributed by atoms with E-state index in [1.54, 1.807) is 4.90 Å². The standard InChI is InChI=1S/C30H41ClN6O5/c31-23-8-7-22(24(17-23)32-15-9-21(10-16-32)29(40)33-11-1-2-12-33)18-34-19-26(36-14-4-6-28(36)39)37(30(41)42)20-25(34)35-13-3-5-27(35)38/h7-8,17,21,25-26H,1-6,9-16,18-20H2,(H,41,42). The lowest BCUT2D eigenvalue weighted by Crippen LogP contribution is -2.68. The minimum Gasteiger partial charge on any atom is -0.465 e. The summed E-state index contributed by atoms with van der Waals surface area (Å²) in [7, 11) is 0. The van der Waals surface area contributed by atoms with Crippen molar-refractivity contribution in [1.82, 2.24) is 24.5 Å². The van der Waals surface area contributed by atoms with E-state index in [0.29, 0.717) is 50.5 Å². The number of halogens is 1. The van der Waals surface area contributed by atoms with Gasteiger partial charge in [0.25, 0.3) is 0 Å². The van der Waals surface area contributed by atoms with E-state index < -0.39 is 18.4 Å². The van der Waals surface area contributed by atoms with Crippen LogP contribution in [0.2, 0.25) is 5.02 Å². The predicted molar refractivity (Wildman–Crippen MR) is 157 cm³/mol. The quantitative estimate of drug-likeness (QED) is 0.535. The van der Waals surface area contributed by atoms with Crippen molar-refractivity contribution in [3.8, 4) is 0 Å². The summed E-state index contributed by atoms with van der Waals surface area (Å²) in [5.41, 5.74) is 2.05. The molecule has 0 aromatic heterocycles. The molecule has 5 aliphatic heterocycles. The van der Waals surface area contributed by atoms with Crippen LogP contribution < -0.4 is 4.90 Å². The van der Waals surface area contributed by atoms with E-state index in [9.17, 15) is 24.3 Å². The van der Waals surface area contributed by atoms with Gasteiger partial charge in [-0.3, -0.25) is 24.2 Å². The Morgan fingerprint density at radius 1 is 0.833 bits per heavy atom. The number of nitrogens with zero attached hydrogens (tertiary/aromatic N) is 6. The van der Waals surface area contributed by atoms with E-state index in [0.717, 1.165) is 69.5 Å². The van der Waals surface area contributed by atoms with Crippen LogP contribution in [0.25, 0.3) is 0 Å². The minimum atomic E-state index is -1.07. The van der Waals surface area contributed by atoms with Crippen LogP contribution >= 0.6 is 11.6 Å². The Morgan fingerprint density at radius 3 is 2.07 bits per heavy atom. The highest BCUT2D eigenvalue weighted by Gasteiger charge is 2.45. The second kappa shape index (κ2) is 12.3. The van der Waals surface area contributed by atoms with Gasteiger partial charge in [-0.1, -0.05) is 17.7 Å². The molecule has 0 saturated carbocycles. The molecule has 5 heterocycles. The average molecular weight is 601 g/mol. The number of benzene rings is 1. The van der Waals surface area contributed by atoms with Gasteiger partial charge in [-0.15, -0.1) is 0 Å². The highest BCUT2D eigenvalue weighted by molar-refractivity contribution is 6.30. The Hall–Kier alpha value is -3.05. The maximum Gasteiger partial charge on any atom is 0.409 e. The molecule has 5 fully saturated rings. The lowest BCUT2D eigenvalue weighted by atomic mass is 9.94. The van der Waals surface area contributed by atoms with E-state index in [1.165, 1.54) is 4.90 Å². The molecule has 0 bridgehead atoms. The van der Waals surface area contributed by atoms with Crippen molar-refractivity contribution in [3.63, 3.8) is 0 Å². The topological polar surface area (TPSA) is 108 Å². The first-order chi connectivity index (χ1) is 20.3. The number of amides is 4. The highest BCUT2D eigenvalue weighted by atomic mass is 35.5. The molecule has 42 heavy (non-hydrogen) atoms. The lowest BCUT2D eigenvalue weighted by Gasteiger charge is -2.50. The predicted octanol–water partition coefficient (Wildman–Crippen LogP) is 2.87. The highest BCUT2D eigenvalue weighted by Crippen LogP contribution is 2.34. The van der Waals surface area contributed by atoms with Crippen molar-refractivity contribution in [1.29, 1.82) is 0 Å². The summed E-state index contributed by atoms with van der Waals surface area (Å²) in [5.74, 6) is 0.346. The van der Waals surface area contributed by atoms with Gasteiger partial charge in [-0.05, 0) is 56.2 Å². The fourth-order valence-electron chi connectivity index (χ4n) is 7.50. The van der Waals surface area contributed by atoms with Crippen molar-refractivity contribution < 1.29 is 24.3 Å². The Labute approximate surface area is 251 Å². The van der Waals surface area contributed by atoms with Crippen molar-refractivity contribution in [3.05, 3.63) is 28.8 Å². The Bertz CT molecular complexity index is 1220. The fraction of sp³-hybridized carbons (Fsp3) is 0.667. The van der Waals surface area contributed by atoms with Crippen LogP contribution in [-0.4, -0.2) is 118 Å². The smallest absolute Gasteiger partial charge is 0.409 e. The molecule has 0 radical (unpaired) electrons. The van der Waals surface area contributed by atoms with Gasteiger partial charge < -0.3 is 24.7 Å². The van der Waals surface area contributed by atoms with Gasteiger partial charge in [0.2, 0.25) is 17.7 Å². The zero-order chi connectivity index (χ0) is 29.4. The molecule has 4 amide bonds. The van der Waals surface area contributed by atoms with Crippen molar-refractivity contribution in [2.24, 2.45) is 5.92 Å². The Morgan fingerprint density at radius 2 is 1.48 bits per heavy atom. The zero-order valence-electron chi connectivity index (χ0n) is 24.1. The number of carboxylic acid groups (broad SMARTS) is 1. The van der Waals surface area contributed by atoms with Gasteiger partial charge >= 0.3 is 6.09 Å². The number of piperidine rings is 1. The SMILES string of the molecule is O=C(C1CCN(c2cc(Cl)ccc2CN2CC(N3CCCC3=O)N(C(=O)O)CC2N2CCCC2=O)CC1)N1CCCC1. The summed E-state index contributed by atoms with van der Waals surface area (Å²) in [5, 5.41) is 10.8. The summed E-state index contributed by atoms with van der Waals surface area (Å²) in [6.45, 7) is 5.31. The molecule has 2 unspecified atom stereocenters. The number of carbonyl (C=O) groups excluding carboxylic acids is 3. The van der Waals surface area contributed by atoms with E-state index in [4.69, 9.17) is 11.6 Å². The molecule has 11 nitrogen and oxygen atoms in total. The normalized spacial score (nSPS) is 26.2. The van der Waals surface area contributed by atoms with Gasteiger partial charge in [0.1, 0.15) is 12.3 Å². The zero-order valence-corrected chi connectivity index (χ0v) is 24.9. The maximum atomic E-state index is 13.0. The molecular weight excluding hydrogens is 560 g/mol. The third-order valence-corrected chi connectivity index (χ3v) is 9.98. The maximum absolute atomic E-state index is 13.0. The first kappa shape index (κ1) is 29.0. The van der Waals surface area contributed by atoms with E-state index in [1.807, 2.05) is 28.0 Å². The van der Waals surface area contributed by atoms with Crippen LogP contribution in [-0.2, 0) is 20.9 Å². The molecule has 2 atom stereocenters. The van der Waals surface area contributed by atoms with Crippen LogP contribution in [0.15, 0.2) is 18.2 Å². The first-order valence-corrected chi connectivity index (χ1v) is 15.8. The summed E-state index contributed by atoms with van der Waals surface area (Å²) < 4.78 is 0. The molecular formula is C30H41ClN6O5. The van der Waals surface area contributed by atoms with E-state index >= 15 is 0 Å². The summed E-state index contributed by atoms with van der Waals surface area (Å²) in [6, 6.07) is 5.86. The van der Waals surface area contributed by atoms with Gasteiger partial charge in [0.05, 0.1) is 6.54 Å².